The molecule has 8 nitrogen and oxygen atoms in total. The van der Waals surface area contributed by atoms with E-state index in [0.29, 0.717) is 17.9 Å². The van der Waals surface area contributed by atoms with Crippen molar-refractivity contribution < 1.29 is 42.9 Å². The molecule has 0 heterocycles. The van der Waals surface area contributed by atoms with Crippen molar-refractivity contribution in [2.24, 2.45) is 34.5 Å². The number of carbonyl (C=O) groups excluding carboxylic acids is 4. The van der Waals surface area contributed by atoms with Gasteiger partial charge in [0, 0.05) is 23.2 Å². The molecule has 9 heteroatoms. The highest BCUT2D eigenvalue weighted by Crippen LogP contribution is 2.68. The van der Waals surface area contributed by atoms with Crippen molar-refractivity contribution in [2.45, 2.75) is 103 Å². The lowest BCUT2D eigenvalue weighted by atomic mass is 9.46. The van der Waals surface area contributed by atoms with Gasteiger partial charge in [-0.25, -0.2) is 9.18 Å². The highest BCUT2D eigenvalue weighted by Gasteiger charge is 2.71. The van der Waals surface area contributed by atoms with E-state index in [1.54, 1.807) is 13.0 Å². The molecule has 0 radical (unpaired) electrons. The second-order valence-electron chi connectivity index (χ2n) is 13.2. The predicted octanol–water partition coefficient (Wildman–Crippen LogP) is 5.21. The first-order valence-corrected chi connectivity index (χ1v) is 15.3. The number of carbonyl (C=O) groups is 4. The number of ether oxygens (including phenoxy) is 3. The number of ketones is 2. The van der Waals surface area contributed by atoms with Crippen molar-refractivity contribution >= 4 is 23.7 Å². The largest absolute Gasteiger partial charge is 0.509 e. The third-order valence-corrected chi connectivity index (χ3v) is 11.2. The van der Waals surface area contributed by atoms with Crippen LogP contribution in [-0.2, 0) is 28.6 Å². The van der Waals surface area contributed by atoms with E-state index in [1.807, 2.05) is 13.8 Å². The van der Waals surface area contributed by atoms with E-state index in [4.69, 9.17) is 14.2 Å². The zero-order chi connectivity index (χ0) is 29.6. The van der Waals surface area contributed by atoms with E-state index in [9.17, 15) is 24.3 Å². The van der Waals surface area contributed by atoms with Gasteiger partial charge in [-0.2, -0.15) is 0 Å². The molecule has 5 aliphatic rings. The molecule has 0 saturated heterocycles. The fraction of sp³-hybridized carbons (Fsp3) is 0.750. The zero-order valence-corrected chi connectivity index (χ0v) is 24.4. The molecular formula is C32H43FO8. The molecule has 0 aromatic rings. The van der Waals surface area contributed by atoms with E-state index in [1.165, 1.54) is 25.0 Å². The van der Waals surface area contributed by atoms with E-state index < -0.39 is 53.2 Å². The Morgan fingerprint density at radius 3 is 2.56 bits per heavy atom. The third-order valence-electron chi connectivity index (χ3n) is 11.2. The number of aliphatic hydroxyl groups is 1. The van der Waals surface area contributed by atoms with Crippen LogP contribution in [0, 0.1) is 34.5 Å². The summed E-state index contributed by atoms with van der Waals surface area (Å²) in [5, 5.41) is 11.7. The topological polar surface area (TPSA) is 116 Å². The van der Waals surface area contributed by atoms with E-state index in [2.05, 4.69) is 0 Å². The highest BCUT2D eigenvalue weighted by atomic mass is 19.1. The number of hydrogen-bond acceptors (Lipinski definition) is 8. The minimum atomic E-state index is -1.69. The molecule has 0 aromatic carbocycles. The molecular weight excluding hydrogens is 531 g/mol. The number of hydrogen-bond donors (Lipinski definition) is 1. The Kier molecular flexibility index (Phi) is 8.22. The smallest absolute Gasteiger partial charge is 0.457 e. The number of allylic oxidation sites excluding steroid dienone is 4. The molecule has 4 fully saturated rings. The Morgan fingerprint density at radius 1 is 1.12 bits per heavy atom. The number of esters is 1. The van der Waals surface area contributed by atoms with Crippen LogP contribution in [-0.4, -0.2) is 59.9 Å². The summed E-state index contributed by atoms with van der Waals surface area (Å²) in [7, 11) is 0. The molecule has 0 amide bonds. The maximum atomic E-state index is 15.7. The average molecular weight is 575 g/mol. The average Bonchev–Trinajstić information content (AvgIpc) is 3.53. The minimum absolute atomic E-state index is 0.0504. The molecule has 0 aromatic heterocycles. The van der Waals surface area contributed by atoms with Crippen LogP contribution in [0.25, 0.3) is 0 Å². The molecule has 1 N–H and O–H groups in total. The number of fused-ring (bicyclic) bond motifs is 5. The Hall–Kier alpha value is -2.55. The summed E-state index contributed by atoms with van der Waals surface area (Å²) in [5.74, 6) is -1.71. The SMILES string of the molecule is CCOC(=O)O[C@]1(C(=O)COC(=O)CCC2CCCC2)CC[C@H]2[C@@H]3C[C@H](F)C4=CC(=O)C=C[C@]4(C)[C@H]3C(O)C[C@@]21C. The number of rotatable bonds is 8. The van der Waals surface area contributed by atoms with Crippen molar-refractivity contribution in [3.05, 3.63) is 23.8 Å². The Bertz CT molecular complexity index is 1140. The van der Waals surface area contributed by atoms with Crippen molar-refractivity contribution in [1.82, 2.24) is 0 Å². The molecule has 0 spiro atoms. The van der Waals surface area contributed by atoms with Gasteiger partial charge in [-0.05, 0) is 74.5 Å². The molecule has 41 heavy (non-hydrogen) atoms. The summed E-state index contributed by atoms with van der Waals surface area (Å²) in [4.78, 5) is 51.3. The summed E-state index contributed by atoms with van der Waals surface area (Å²) < 4.78 is 32.1. The standard InChI is InChI=1S/C32H43FO8/c1-4-39-29(38)41-32(26(36)18-40-27(37)10-9-19-7-5-6-8-19)14-12-22-21-16-24(33)23-15-20(34)11-13-30(23,2)28(21)25(35)17-31(22,32)3/h11,13,15,19,21-22,24-25,28,35H,4-10,12,14,16-18H2,1-3H3/t21-,22-,24-,25?,28+,30-,31-,32-/m0/s1. The van der Waals surface area contributed by atoms with Crippen LogP contribution in [0.15, 0.2) is 23.8 Å². The van der Waals surface area contributed by atoms with Crippen LogP contribution >= 0.6 is 0 Å². The first-order valence-electron chi connectivity index (χ1n) is 15.3. The lowest BCUT2D eigenvalue weighted by Gasteiger charge is -2.60. The van der Waals surface area contributed by atoms with E-state index in [-0.39, 0.29) is 55.8 Å². The number of aliphatic hydroxyl groups excluding tert-OH is 1. The quantitative estimate of drug-likeness (QED) is 0.393. The van der Waals surface area contributed by atoms with Crippen molar-refractivity contribution in [3.63, 3.8) is 0 Å². The predicted molar refractivity (Wildman–Crippen MR) is 146 cm³/mol. The van der Waals surface area contributed by atoms with Crippen LogP contribution < -0.4 is 0 Å². The Labute approximate surface area is 241 Å². The van der Waals surface area contributed by atoms with Gasteiger partial charge in [-0.3, -0.25) is 14.4 Å². The normalized spacial score (nSPS) is 39.8. The third kappa shape index (κ3) is 5.06. The van der Waals surface area contributed by atoms with Crippen molar-refractivity contribution in [1.29, 1.82) is 0 Å². The number of Topliss-reactive ketones (excluding diaryl/α,β-unsaturated/α-hetero) is 1. The number of alkyl halides is 1. The fourth-order valence-corrected chi connectivity index (χ4v) is 9.25. The van der Waals surface area contributed by atoms with Crippen LogP contribution in [0.5, 0.6) is 0 Å². The van der Waals surface area contributed by atoms with Gasteiger partial charge in [-0.15, -0.1) is 0 Å². The summed E-state index contributed by atoms with van der Waals surface area (Å²) >= 11 is 0. The van der Waals surface area contributed by atoms with Gasteiger partial charge in [0.05, 0.1) is 12.7 Å². The van der Waals surface area contributed by atoms with Gasteiger partial charge in [0.25, 0.3) is 0 Å². The first kappa shape index (κ1) is 29.9. The van der Waals surface area contributed by atoms with Crippen molar-refractivity contribution in [3.8, 4) is 0 Å². The Morgan fingerprint density at radius 2 is 1.85 bits per heavy atom. The second kappa shape index (κ2) is 11.3. The number of halogens is 1. The molecule has 226 valence electrons. The lowest BCUT2D eigenvalue weighted by molar-refractivity contribution is -0.187. The summed E-state index contributed by atoms with van der Waals surface area (Å²) in [5.41, 5.74) is -3.19. The van der Waals surface area contributed by atoms with E-state index in [0.717, 1.165) is 19.3 Å². The van der Waals surface area contributed by atoms with Crippen LogP contribution in [0.3, 0.4) is 0 Å². The van der Waals surface area contributed by atoms with Crippen LogP contribution in [0.1, 0.15) is 85.0 Å². The van der Waals surface area contributed by atoms with Gasteiger partial charge in [-0.1, -0.05) is 45.6 Å². The maximum Gasteiger partial charge on any atom is 0.509 e. The zero-order valence-electron chi connectivity index (χ0n) is 24.4. The van der Waals surface area contributed by atoms with Crippen LogP contribution in [0.4, 0.5) is 9.18 Å². The first-order chi connectivity index (χ1) is 19.4. The molecule has 8 atom stereocenters. The van der Waals surface area contributed by atoms with Crippen LogP contribution in [0.2, 0.25) is 0 Å². The van der Waals surface area contributed by atoms with Gasteiger partial charge in [0.1, 0.15) is 6.17 Å². The molecule has 0 bridgehead atoms. The molecule has 0 aliphatic heterocycles. The van der Waals surface area contributed by atoms with Gasteiger partial charge in [0.15, 0.2) is 18.0 Å². The fourth-order valence-electron chi connectivity index (χ4n) is 9.25. The van der Waals surface area contributed by atoms with Crippen molar-refractivity contribution in [2.75, 3.05) is 13.2 Å². The van der Waals surface area contributed by atoms with Gasteiger partial charge in [0.2, 0.25) is 5.78 Å². The van der Waals surface area contributed by atoms with Gasteiger partial charge < -0.3 is 19.3 Å². The van der Waals surface area contributed by atoms with E-state index >= 15 is 4.39 Å². The summed E-state index contributed by atoms with van der Waals surface area (Å²) in [6.07, 6.45) is 7.56. The Balaban J connectivity index is 1.40. The highest BCUT2D eigenvalue weighted by molar-refractivity contribution is 6.01. The maximum absolute atomic E-state index is 15.7. The lowest BCUT2D eigenvalue weighted by Crippen LogP contribution is -2.64. The second-order valence-corrected chi connectivity index (χ2v) is 13.2. The minimum Gasteiger partial charge on any atom is -0.457 e. The molecule has 5 rings (SSSR count). The molecule has 5 aliphatic carbocycles. The van der Waals surface area contributed by atoms with Gasteiger partial charge >= 0.3 is 12.1 Å². The molecule has 4 saturated carbocycles. The summed E-state index contributed by atoms with van der Waals surface area (Å²) in [6, 6.07) is 0. The molecule has 1 unspecified atom stereocenters. The summed E-state index contributed by atoms with van der Waals surface area (Å²) in [6.45, 7) is 4.83. The monoisotopic (exact) mass is 574 g/mol.